The van der Waals surface area contributed by atoms with Gasteiger partial charge >= 0.3 is 24.5 Å². The lowest BCUT2D eigenvalue weighted by molar-refractivity contribution is -0.274. The van der Waals surface area contributed by atoms with Crippen LogP contribution in [0.25, 0.3) is 0 Å². The first-order valence-electron chi connectivity index (χ1n) is 10.8. The Morgan fingerprint density at radius 3 is 2.24 bits per heavy atom. The molecule has 1 aliphatic rings. The van der Waals surface area contributed by atoms with Crippen molar-refractivity contribution in [1.29, 1.82) is 0 Å². The Balaban J connectivity index is 1.93. The highest BCUT2D eigenvalue weighted by molar-refractivity contribution is 6.32. The van der Waals surface area contributed by atoms with Gasteiger partial charge in [0.2, 0.25) is 0 Å². The number of benzene rings is 2. The molecular weight excluding hydrogens is 532 g/mol. The number of urea groups is 1. The molecule has 0 spiro atoms. The van der Waals surface area contributed by atoms with Gasteiger partial charge in [0.1, 0.15) is 11.2 Å². The summed E-state index contributed by atoms with van der Waals surface area (Å²) < 4.78 is 85.5. The Labute approximate surface area is 212 Å². The van der Waals surface area contributed by atoms with Crippen LogP contribution in [0.2, 0.25) is 5.02 Å². The minimum Gasteiger partial charge on any atom is -0.465 e. The van der Waals surface area contributed by atoms with Crippen molar-refractivity contribution in [1.82, 2.24) is 5.01 Å². The molecule has 2 aromatic carbocycles. The zero-order valence-corrected chi connectivity index (χ0v) is 20.1. The molecule has 0 bridgehead atoms. The van der Waals surface area contributed by atoms with Crippen LogP contribution in [-0.4, -0.2) is 42.2 Å². The highest BCUT2D eigenvalue weighted by Crippen LogP contribution is 2.40. The number of halogens is 7. The number of ether oxygens (including phenoxy) is 2. The van der Waals surface area contributed by atoms with Crippen molar-refractivity contribution in [2.45, 2.75) is 32.8 Å². The van der Waals surface area contributed by atoms with Crippen LogP contribution in [0.4, 0.5) is 36.8 Å². The Bertz CT molecular complexity index is 1200. The van der Waals surface area contributed by atoms with E-state index in [1.165, 1.54) is 0 Å². The van der Waals surface area contributed by atoms with E-state index in [0.717, 1.165) is 47.5 Å². The van der Waals surface area contributed by atoms with Crippen LogP contribution in [0.1, 0.15) is 31.4 Å². The SMILES string of the molecule is CCOC(=O)C1(CC)CN(C(=O)Nc2ccc(OC(F)(F)F)cc2)N=C1c1ccc(C(F)(F)F)c(Cl)c1. The smallest absolute Gasteiger partial charge is 0.465 e. The van der Waals surface area contributed by atoms with Gasteiger partial charge < -0.3 is 14.8 Å². The van der Waals surface area contributed by atoms with Gasteiger partial charge in [0.05, 0.1) is 29.4 Å². The summed E-state index contributed by atoms with van der Waals surface area (Å²) in [5, 5.41) is 6.91. The number of alkyl halides is 6. The average molecular weight is 552 g/mol. The van der Waals surface area contributed by atoms with E-state index in [-0.39, 0.29) is 36.5 Å². The Morgan fingerprint density at radius 2 is 1.73 bits per heavy atom. The lowest BCUT2D eigenvalue weighted by Crippen LogP contribution is -2.44. The summed E-state index contributed by atoms with van der Waals surface area (Å²) in [5.41, 5.74) is -2.44. The molecule has 1 atom stereocenters. The molecular formula is C23H20ClF6N3O4. The molecule has 1 aliphatic heterocycles. The molecule has 1 unspecified atom stereocenters. The quantitative estimate of drug-likeness (QED) is 0.330. The zero-order chi connectivity index (χ0) is 27.6. The number of nitrogens with one attached hydrogen (secondary N) is 1. The Morgan fingerprint density at radius 1 is 1.08 bits per heavy atom. The summed E-state index contributed by atoms with van der Waals surface area (Å²) in [7, 11) is 0. The van der Waals surface area contributed by atoms with Crippen molar-refractivity contribution < 1.29 is 45.4 Å². The molecule has 0 saturated heterocycles. The standard InChI is InChI=1S/C23H20ClF6N3O4/c1-3-21(19(34)36-4-2)12-33(20(35)31-14-6-8-15(9-7-14)37-23(28,29)30)32-18(21)13-5-10-16(17(24)11-13)22(25,26)27/h5-11H,3-4,12H2,1-2H3,(H,31,35). The van der Waals surface area contributed by atoms with Crippen molar-refractivity contribution in [2.24, 2.45) is 10.5 Å². The minimum absolute atomic E-state index is 0.000172. The van der Waals surface area contributed by atoms with Crippen LogP contribution < -0.4 is 10.1 Å². The van der Waals surface area contributed by atoms with Crippen molar-refractivity contribution in [2.75, 3.05) is 18.5 Å². The number of carbonyl (C=O) groups excluding carboxylic acids is 2. The zero-order valence-electron chi connectivity index (χ0n) is 19.3. The lowest BCUT2D eigenvalue weighted by atomic mass is 9.77. The summed E-state index contributed by atoms with van der Waals surface area (Å²) >= 11 is 5.86. The molecule has 2 aromatic rings. The summed E-state index contributed by atoms with van der Waals surface area (Å²) in [5.74, 6) is -1.24. The van der Waals surface area contributed by atoms with Gasteiger partial charge in [0, 0.05) is 11.3 Å². The second-order valence-corrected chi connectivity index (χ2v) is 8.26. The summed E-state index contributed by atoms with van der Waals surface area (Å²) in [6.45, 7) is 2.88. The van der Waals surface area contributed by atoms with E-state index in [9.17, 15) is 35.9 Å². The predicted molar refractivity (Wildman–Crippen MR) is 121 cm³/mol. The third-order valence-electron chi connectivity index (χ3n) is 5.48. The number of carbonyl (C=O) groups is 2. The van der Waals surface area contributed by atoms with Crippen molar-refractivity contribution in [3.63, 3.8) is 0 Å². The van der Waals surface area contributed by atoms with Gasteiger partial charge in [-0.25, -0.2) is 9.80 Å². The molecule has 37 heavy (non-hydrogen) atoms. The number of hydrogen-bond donors (Lipinski definition) is 1. The largest absolute Gasteiger partial charge is 0.573 e. The third-order valence-corrected chi connectivity index (χ3v) is 5.80. The van der Waals surface area contributed by atoms with E-state index in [4.69, 9.17) is 16.3 Å². The fourth-order valence-electron chi connectivity index (χ4n) is 3.71. The van der Waals surface area contributed by atoms with Crippen LogP contribution in [-0.2, 0) is 15.7 Å². The minimum atomic E-state index is -4.89. The normalized spacial score (nSPS) is 17.9. The van der Waals surface area contributed by atoms with Crippen molar-refractivity contribution >= 4 is 35.0 Å². The van der Waals surface area contributed by atoms with Gasteiger partial charge in [-0.1, -0.05) is 24.6 Å². The molecule has 0 aromatic heterocycles. The fraction of sp³-hybridized carbons (Fsp3) is 0.348. The first kappa shape index (κ1) is 28.1. The first-order valence-corrected chi connectivity index (χ1v) is 11.2. The van der Waals surface area contributed by atoms with Crippen LogP contribution in [0.3, 0.4) is 0 Å². The van der Waals surface area contributed by atoms with Gasteiger partial charge in [-0.3, -0.25) is 4.79 Å². The topological polar surface area (TPSA) is 80.2 Å². The number of hydrogen-bond acceptors (Lipinski definition) is 5. The monoisotopic (exact) mass is 551 g/mol. The third kappa shape index (κ3) is 6.27. The van der Waals surface area contributed by atoms with Crippen molar-refractivity contribution in [3.8, 4) is 5.75 Å². The molecule has 7 nitrogen and oxygen atoms in total. The number of hydrazone groups is 1. The highest BCUT2D eigenvalue weighted by Gasteiger charge is 2.51. The van der Waals surface area contributed by atoms with Gasteiger partial charge in [0.25, 0.3) is 0 Å². The maximum Gasteiger partial charge on any atom is 0.573 e. The van der Waals surface area contributed by atoms with Gasteiger partial charge in [0.15, 0.2) is 0 Å². The average Bonchev–Trinajstić information content (AvgIpc) is 3.20. The van der Waals surface area contributed by atoms with E-state index < -0.39 is 46.3 Å². The van der Waals surface area contributed by atoms with Gasteiger partial charge in [-0.2, -0.15) is 18.3 Å². The number of anilines is 1. The second kappa shape index (κ2) is 10.5. The lowest BCUT2D eigenvalue weighted by Gasteiger charge is -2.27. The van der Waals surface area contributed by atoms with E-state index in [2.05, 4.69) is 15.2 Å². The Hall–Kier alpha value is -3.48. The van der Waals surface area contributed by atoms with Crippen LogP contribution >= 0.6 is 11.6 Å². The van der Waals surface area contributed by atoms with E-state index in [0.29, 0.717) is 0 Å². The van der Waals surface area contributed by atoms with E-state index in [1.807, 2.05) is 0 Å². The molecule has 0 radical (unpaired) electrons. The predicted octanol–water partition coefficient (Wildman–Crippen LogP) is 6.47. The maximum atomic E-state index is 13.2. The van der Waals surface area contributed by atoms with Crippen LogP contribution in [0.5, 0.6) is 5.75 Å². The van der Waals surface area contributed by atoms with E-state index >= 15 is 0 Å². The molecule has 3 rings (SSSR count). The summed E-state index contributed by atoms with van der Waals surface area (Å²) in [6.07, 6.45) is -9.51. The van der Waals surface area contributed by atoms with Gasteiger partial charge in [-0.05, 0) is 49.7 Å². The first-order chi connectivity index (χ1) is 17.2. The number of nitrogens with zero attached hydrogens (tertiary/aromatic N) is 2. The summed E-state index contributed by atoms with van der Waals surface area (Å²) in [6, 6.07) is 6.30. The number of esters is 1. The van der Waals surface area contributed by atoms with Crippen LogP contribution in [0, 0.1) is 5.41 Å². The number of amides is 2. The maximum absolute atomic E-state index is 13.2. The fourth-order valence-corrected chi connectivity index (χ4v) is 4.00. The molecule has 2 amide bonds. The Kier molecular flexibility index (Phi) is 7.96. The molecule has 0 fully saturated rings. The highest BCUT2D eigenvalue weighted by atomic mass is 35.5. The van der Waals surface area contributed by atoms with Crippen molar-refractivity contribution in [3.05, 3.63) is 58.6 Å². The second-order valence-electron chi connectivity index (χ2n) is 7.86. The van der Waals surface area contributed by atoms with E-state index in [1.54, 1.807) is 13.8 Å². The molecule has 0 saturated carbocycles. The molecule has 0 aliphatic carbocycles. The number of rotatable bonds is 6. The van der Waals surface area contributed by atoms with Crippen LogP contribution in [0.15, 0.2) is 47.6 Å². The molecule has 1 heterocycles. The molecule has 200 valence electrons. The van der Waals surface area contributed by atoms with Gasteiger partial charge in [-0.15, -0.1) is 13.2 Å². The molecule has 14 heteroatoms. The summed E-state index contributed by atoms with van der Waals surface area (Å²) in [4.78, 5) is 25.9. The molecule has 1 N–H and O–H groups in total.